The summed E-state index contributed by atoms with van der Waals surface area (Å²) in [5, 5.41) is 0.107. The summed E-state index contributed by atoms with van der Waals surface area (Å²) in [5.74, 6) is 0.924. The highest BCUT2D eigenvalue weighted by atomic mass is 31.2. The Hall–Kier alpha value is -1.41. The van der Waals surface area contributed by atoms with Gasteiger partial charge in [-0.15, -0.1) is 0 Å². The Morgan fingerprint density at radius 2 is 1.28 bits per heavy atom. The summed E-state index contributed by atoms with van der Waals surface area (Å²) in [6.45, 7) is 12.9. The maximum atomic E-state index is 12.1. The van der Waals surface area contributed by atoms with Crippen LogP contribution >= 0.6 is 7.60 Å². The molecule has 0 atom stereocenters. The SMILES string of the molecule is CC(C)c1cc(C(C)C)c(-c2ccccc2P(=O)(O)O)c(C(C)C)c1. The van der Waals surface area contributed by atoms with Crippen LogP contribution in [0.4, 0.5) is 0 Å². The first-order valence-electron chi connectivity index (χ1n) is 8.87. The standard InChI is InChI=1S/C21H29O3P/c1-13(2)16-11-18(14(3)4)21(19(12-16)15(5)6)17-9-7-8-10-20(17)25(22,23)24/h7-15H,1-6H3,(H2,22,23,24). The van der Waals surface area contributed by atoms with Crippen LogP contribution in [-0.2, 0) is 4.57 Å². The van der Waals surface area contributed by atoms with Gasteiger partial charge >= 0.3 is 7.60 Å². The second-order valence-electron chi connectivity index (χ2n) is 7.60. The van der Waals surface area contributed by atoms with E-state index in [0.29, 0.717) is 11.5 Å². The molecule has 25 heavy (non-hydrogen) atoms. The fourth-order valence-electron chi connectivity index (χ4n) is 3.21. The zero-order valence-corrected chi connectivity index (χ0v) is 16.8. The summed E-state index contributed by atoms with van der Waals surface area (Å²) in [4.78, 5) is 19.7. The van der Waals surface area contributed by atoms with Crippen LogP contribution in [0.3, 0.4) is 0 Å². The van der Waals surface area contributed by atoms with Crippen molar-refractivity contribution in [2.75, 3.05) is 0 Å². The smallest absolute Gasteiger partial charge is 0.321 e. The van der Waals surface area contributed by atoms with E-state index in [2.05, 4.69) is 53.7 Å². The first kappa shape index (κ1) is 19.9. The van der Waals surface area contributed by atoms with Crippen molar-refractivity contribution in [1.82, 2.24) is 0 Å². The minimum absolute atomic E-state index is 0.107. The van der Waals surface area contributed by atoms with Gasteiger partial charge in [-0.1, -0.05) is 71.9 Å². The number of hydrogen-bond acceptors (Lipinski definition) is 1. The molecule has 0 radical (unpaired) electrons. The lowest BCUT2D eigenvalue weighted by molar-refractivity contribution is 0.387. The molecular weight excluding hydrogens is 331 g/mol. The molecule has 0 aliphatic heterocycles. The van der Waals surface area contributed by atoms with Gasteiger partial charge in [0.1, 0.15) is 0 Å². The van der Waals surface area contributed by atoms with Gasteiger partial charge in [0.15, 0.2) is 0 Å². The third-order valence-corrected chi connectivity index (χ3v) is 5.64. The van der Waals surface area contributed by atoms with Crippen molar-refractivity contribution in [3.63, 3.8) is 0 Å². The highest BCUT2D eigenvalue weighted by Gasteiger charge is 2.26. The van der Waals surface area contributed by atoms with E-state index in [0.717, 1.165) is 16.7 Å². The summed E-state index contributed by atoms with van der Waals surface area (Å²) >= 11 is 0. The predicted octanol–water partition coefficient (Wildman–Crippen LogP) is 5.53. The highest BCUT2D eigenvalue weighted by Crippen LogP contribution is 2.43. The average molecular weight is 360 g/mol. The van der Waals surface area contributed by atoms with Crippen molar-refractivity contribution in [2.45, 2.75) is 59.3 Å². The molecule has 0 unspecified atom stereocenters. The number of rotatable bonds is 5. The van der Waals surface area contributed by atoms with Crippen molar-refractivity contribution in [3.05, 3.63) is 53.1 Å². The Bertz CT molecular complexity index is 772. The highest BCUT2D eigenvalue weighted by molar-refractivity contribution is 7.60. The van der Waals surface area contributed by atoms with Crippen LogP contribution < -0.4 is 5.30 Å². The van der Waals surface area contributed by atoms with Gasteiger partial charge in [0.2, 0.25) is 0 Å². The molecule has 0 aliphatic rings. The van der Waals surface area contributed by atoms with Gasteiger partial charge in [-0.05, 0) is 51.6 Å². The molecule has 0 aromatic heterocycles. The molecule has 0 amide bonds. The maximum Gasteiger partial charge on any atom is 0.356 e. The van der Waals surface area contributed by atoms with E-state index in [4.69, 9.17) is 0 Å². The van der Waals surface area contributed by atoms with Crippen LogP contribution in [0, 0.1) is 0 Å². The Labute approximate surface area is 151 Å². The second kappa shape index (κ2) is 7.45. The van der Waals surface area contributed by atoms with Crippen molar-refractivity contribution in [2.24, 2.45) is 0 Å². The Balaban J connectivity index is 2.93. The van der Waals surface area contributed by atoms with Crippen LogP contribution in [0.5, 0.6) is 0 Å². The van der Waals surface area contributed by atoms with Crippen LogP contribution in [0.25, 0.3) is 11.1 Å². The molecule has 0 heterocycles. The van der Waals surface area contributed by atoms with Crippen molar-refractivity contribution >= 4 is 12.9 Å². The molecule has 0 fully saturated rings. The normalized spacial score (nSPS) is 12.4. The molecule has 3 nitrogen and oxygen atoms in total. The van der Waals surface area contributed by atoms with Crippen molar-refractivity contribution in [3.8, 4) is 11.1 Å². The average Bonchev–Trinajstić information content (AvgIpc) is 2.52. The van der Waals surface area contributed by atoms with Gasteiger partial charge in [-0.3, -0.25) is 4.57 Å². The quantitative estimate of drug-likeness (QED) is 0.690. The summed E-state index contributed by atoms with van der Waals surface area (Å²) in [5.41, 5.74) is 5.20. The first-order valence-corrected chi connectivity index (χ1v) is 10.5. The van der Waals surface area contributed by atoms with Crippen LogP contribution in [0.15, 0.2) is 36.4 Å². The lowest BCUT2D eigenvalue weighted by Gasteiger charge is -2.24. The van der Waals surface area contributed by atoms with E-state index in [9.17, 15) is 14.4 Å². The molecule has 0 saturated carbocycles. The Kier molecular flexibility index (Phi) is 5.93. The van der Waals surface area contributed by atoms with Gasteiger partial charge in [0.05, 0.1) is 5.30 Å². The van der Waals surface area contributed by atoms with Gasteiger partial charge < -0.3 is 9.79 Å². The predicted molar refractivity (Wildman–Crippen MR) is 106 cm³/mol. The molecule has 4 heteroatoms. The summed E-state index contributed by atoms with van der Waals surface area (Å²) in [6, 6.07) is 11.3. The largest absolute Gasteiger partial charge is 0.356 e. The van der Waals surface area contributed by atoms with E-state index < -0.39 is 7.60 Å². The van der Waals surface area contributed by atoms with Gasteiger partial charge in [-0.2, -0.15) is 0 Å². The lowest BCUT2D eigenvalue weighted by Crippen LogP contribution is -2.12. The van der Waals surface area contributed by atoms with Crippen LogP contribution in [-0.4, -0.2) is 9.79 Å². The molecule has 2 aromatic carbocycles. The van der Waals surface area contributed by atoms with Crippen LogP contribution in [0.1, 0.15) is 76.0 Å². The summed E-state index contributed by atoms with van der Waals surface area (Å²) < 4.78 is 12.1. The van der Waals surface area contributed by atoms with E-state index in [-0.39, 0.29) is 17.1 Å². The topological polar surface area (TPSA) is 57.5 Å². The third kappa shape index (κ3) is 4.23. The molecule has 0 aliphatic carbocycles. The van der Waals surface area contributed by atoms with Gasteiger partial charge in [0, 0.05) is 0 Å². The summed E-state index contributed by atoms with van der Waals surface area (Å²) in [6.07, 6.45) is 0. The van der Waals surface area contributed by atoms with Gasteiger partial charge in [0.25, 0.3) is 0 Å². The van der Waals surface area contributed by atoms with Crippen molar-refractivity contribution in [1.29, 1.82) is 0 Å². The molecule has 0 spiro atoms. The van der Waals surface area contributed by atoms with Crippen molar-refractivity contribution < 1.29 is 14.4 Å². The number of hydrogen-bond donors (Lipinski definition) is 2. The molecular formula is C21H29O3P. The Morgan fingerprint density at radius 1 is 0.800 bits per heavy atom. The Morgan fingerprint density at radius 3 is 1.68 bits per heavy atom. The fourth-order valence-corrected chi connectivity index (χ4v) is 3.99. The molecule has 0 bridgehead atoms. The van der Waals surface area contributed by atoms with E-state index in [1.165, 1.54) is 5.56 Å². The fraction of sp³-hybridized carbons (Fsp3) is 0.429. The lowest BCUT2D eigenvalue weighted by atomic mass is 9.82. The van der Waals surface area contributed by atoms with E-state index in [1.54, 1.807) is 12.1 Å². The molecule has 2 rings (SSSR count). The number of benzene rings is 2. The zero-order valence-electron chi connectivity index (χ0n) is 15.9. The van der Waals surface area contributed by atoms with Gasteiger partial charge in [-0.25, -0.2) is 0 Å². The molecule has 2 aromatic rings. The van der Waals surface area contributed by atoms with E-state index >= 15 is 0 Å². The monoisotopic (exact) mass is 360 g/mol. The molecule has 0 saturated heterocycles. The third-order valence-electron chi connectivity index (χ3n) is 4.62. The second-order valence-corrected chi connectivity index (χ2v) is 9.17. The zero-order chi connectivity index (χ0) is 18.9. The first-order chi connectivity index (χ1) is 11.5. The minimum Gasteiger partial charge on any atom is -0.321 e. The minimum atomic E-state index is -4.35. The maximum absolute atomic E-state index is 12.1. The van der Waals surface area contributed by atoms with Crippen LogP contribution in [0.2, 0.25) is 0 Å². The van der Waals surface area contributed by atoms with E-state index in [1.807, 2.05) is 12.1 Å². The molecule has 136 valence electrons. The summed E-state index contributed by atoms with van der Waals surface area (Å²) in [7, 11) is -4.35. The molecule has 2 N–H and O–H groups in total.